The van der Waals surface area contributed by atoms with Gasteiger partial charge in [-0.3, -0.25) is 0 Å². The average Bonchev–Trinajstić information content (AvgIpc) is 1.57. The second-order valence-corrected chi connectivity index (χ2v) is 4.73. The predicted octanol–water partition coefficient (Wildman–Crippen LogP) is -6.75. The molecule has 0 radical (unpaired) electrons. The quantitative estimate of drug-likeness (QED) is 0.364. The molecule has 4 nitrogen and oxygen atoms in total. The van der Waals surface area contributed by atoms with E-state index in [0.29, 0.717) is 0 Å². The van der Waals surface area contributed by atoms with Gasteiger partial charge in [0.1, 0.15) is 0 Å². The molecule has 0 aromatic rings. The molecule has 0 atom stereocenters. The number of hydrogen-bond donors (Lipinski definition) is 1. The van der Waals surface area contributed by atoms with Crippen LogP contribution in [0.5, 0.6) is 0 Å². The first-order valence-electron chi connectivity index (χ1n) is 2.97. The molecule has 0 saturated heterocycles. The van der Waals surface area contributed by atoms with Crippen molar-refractivity contribution in [2.75, 3.05) is 6.29 Å². The average molecular weight is 211 g/mol. The molecule has 0 amide bonds. The first-order chi connectivity index (χ1) is 4.21. The van der Waals surface area contributed by atoms with Crippen LogP contribution in [-0.2, 0) is 4.57 Å². The van der Waals surface area contributed by atoms with Gasteiger partial charge in [0.15, 0.2) is 0 Å². The smallest absolute Gasteiger partial charge is 0.810 e. The molecule has 62 valence electrons. The van der Waals surface area contributed by atoms with Crippen LogP contribution in [0.2, 0.25) is 0 Å². The Balaban J connectivity index is -0.000000405. The maximum atomic E-state index is 10.1. The van der Waals surface area contributed by atoms with Crippen LogP contribution in [0.15, 0.2) is 0 Å². The summed E-state index contributed by atoms with van der Waals surface area (Å²) >= 11 is 0. The van der Waals surface area contributed by atoms with Gasteiger partial charge < -0.3 is 19.7 Å². The zero-order valence-corrected chi connectivity index (χ0v) is 13.3. The fourth-order valence-electron chi connectivity index (χ4n) is 0.334. The van der Waals surface area contributed by atoms with E-state index < -0.39 is 13.9 Å². The van der Waals surface area contributed by atoms with Crippen LogP contribution in [0, 0.1) is 0 Å². The van der Waals surface area contributed by atoms with E-state index in [1.807, 2.05) is 0 Å². The Morgan fingerprint density at radius 1 is 1.25 bits per heavy atom. The molecule has 7 heteroatoms. The maximum Gasteiger partial charge on any atom is 1.00 e. The molecule has 0 aromatic heterocycles. The van der Waals surface area contributed by atoms with Crippen LogP contribution in [-0.4, -0.2) is 11.8 Å². The SMILES string of the molecule is CC(C)(C)NCP(=O)([O-])[O-].[Na+].[Na+]. The molecule has 0 aromatic carbocycles. The summed E-state index contributed by atoms with van der Waals surface area (Å²) in [6, 6.07) is 0. The summed E-state index contributed by atoms with van der Waals surface area (Å²) in [5, 5.41) is 2.57. The largest absolute Gasteiger partial charge is 1.00 e. The Morgan fingerprint density at radius 2 is 1.58 bits per heavy atom. The van der Waals surface area contributed by atoms with Crippen molar-refractivity contribution in [2.45, 2.75) is 26.3 Å². The van der Waals surface area contributed by atoms with E-state index in [2.05, 4.69) is 5.32 Å². The molecular formula is C5H12NNa2O3P. The Morgan fingerprint density at radius 3 is 1.67 bits per heavy atom. The number of hydrogen-bond acceptors (Lipinski definition) is 4. The summed E-state index contributed by atoms with van der Waals surface area (Å²) in [4.78, 5) is 20.2. The Kier molecular flexibility index (Phi) is 12.1. The van der Waals surface area contributed by atoms with Gasteiger partial charge in [-0.05, 0) is 20.8 Å². The maximum absolute atomic E-state index is 10.1. The van der Waals surface area contributed by atoms with Gasteiger partial charge >= 0.3 is 59.1 Å². The van der Waals surface area contributed by atoms with Crippen molar-refractivity contribution in [1.29, 1.82) is 0 Å². The molecule has 0 aliphatic carbocycles. The Hall–Kier alpha value is 2.11. The molecule has 0 fully saturated rings. The Labute approximate surface area is 118 Å². The van der Waals surface area contributed by atoms with E-state index in [1.54, 1.807) is 20.8 Å². The van der Waals surface area contributed by atoms with E-state index in [4.69, 9.17) is 0 Å². The van der Waals surface area contributed by atoms with Gasteiger partial charge in [-0.25, -0.2) is 0 Å². The van der Waals surface area contributed by atoms with Crippen LogP contribution in [0.1, 0.15) is 20.8 Å². The molecule has 0 bridgehead atoms. The van der Waals surface area contributed by atoms with E-state index in [9.17, 15) is 14.4 Å². The minimum Gasteiger partial charge on any atom is -0.810 e. The molecule has 1 N–H and O–H groups in total. The molecule has 0 spiro atoms. The van der Waals surface area contributed by atoms with Crippen LogP contribution in [0.4, 0.5) is 0 Å². The third-order valence-electron chi connectivity index (χ3n) is 0.803. The molecule has 0 heterocycles. The third kappa shape index (κ3) is 18.0. The van der Waals surface area contributed by atoms with Crippen molar-refractivity contribution in [1.82, 2.24) is 5.32 Å². The second kappa shape index (κ2) is 7.41. The number of rotatable bonds is 2. The van der Waals surface area contributed by atoms with E-state index >= 15 is 0 Å². The summed E-state index contributed by atoms with van der Waals surface area (Å²) < 4.78 is 10.1. The zero-order chi connectivity index (χ0) is 8.41. The standard InChI is InChI=1S/C5H14NO3P.2Na/c1-5(2,3)6-4-10(7,8)9;;/h6H,4H2,1-3H3,(H2,7,8,9);;/q;2*+1/p-2. The second-order valence-electron chi connectivity index (χ2n) is 3.20. The van der Waals surface area contributed by atoms with E-state index in [1.165, 1.54) is 0 Å². The van der Waals surface area contributed by atoms with E-state index in [0.717, 1.165) is 0 Å². The van der Waals surface area contributed by atoms with Crippen LogP contribution < -0.4 is 74.2 Å². The first kappa shape index (κ1) is 19.6. The summed E-state index contributed by atoms with van der Waals surface area (Å²) in [6.07, 6.45) is -0.476. The summed E-state index contributed by atoms with van der Waals surface area (Å²) in [5.74, 6) is 0. The van der Waals surface area contributed by atoms with Gasteiger partial charge in [0, 0.05) is 11.8 Å². The molecule has 0 rings (SSSR count). The van der Waals surface area contributed by atoms with Crippen molar-refractivity contribution >= 4 is 7.60 Å². The minimum absolute atomic E-state index is 0. The summed E-state index contributed by atoms with van der Waals surface area (Å²) in [5.41, 5.74) is -0.315. The topological polar surface area (TPSA) is 75.2 Å². The van der Waals surface area contributed by atoms with Gasteiger partial charge in [-0.15, -0.1) is 0 Å². The van der Waals surface area contributed by atoms with Crippen molar-refractivity contribution < 1.29 is 73.5 Å². The first-order valence-corrected chi connectivity index (χ1v) is 4.70. The Bertz CT molecular complexity index is 153. The van der Waals surface area contributed by atoms with Gasteiger partial charge in [-0.2, -0.15) is 0 Å². The molecule has 0 aliphatic rings. The zero-order valence-electron chi connectivity index (χ0n) is 8.38. The van der Waals surface area contributed by atoms with Gasteiger partial charge in [0.2, 0.25) is 0 Å². The van der Waals surface area contributed by atoms with Crippen molar-refractivity contribution in [3.63, 3.8) is 0 Å². The van der Waals surface area contributed by atoms with Crippen molar-refractivity contribution in [2.24, 2.45) is 0 Å². The summed E-state index contributed by atoms with van der Waals surface area (Å²) in [7, 11) is -4.37. The molecule has 12 heavy (non-hydrogen) atoms. The fourth-order valence-corrected chi connectivity index (χ4v) is 1.00. The van der Waals surface area contributed by atoms with E-state index in [-0.39, 0.29) is 64.7 Å². The fraction of sp³-hybridized carbons (Fsp3) is 1.00. The summed E-state index contributed by atoms with van der Waals surface area (Å²) in [6.45, 7) is 5.38. The number of nitrogens with one attached hydrogen (secondary N) is 1. The van der Waals surface area contributed by atoms with Crippen LogP contribution >= 0.6 is 7.60 Å². The van der Waals surface area contributed by atoms with Crippen molar-refractivity contribution in [3.8, 4) is 0 Å². The van der Waals surface area contributed by atoms with Crippen LogP contribution in [0.25, 0.3) is 0 Å². The molecular weight excluding hydrogens is 199 g/mol. The van der Waals surface area contributed by atoms with Crippen molar-refractivity contribution in [3.05, 3.63) is 0 Å². The predicted molar refractivity (Wildman–Crippen MR) is 35.4 cm³/mol. The molecule has 0 unspecified atom stereocenters. The molecule has 0 aliphatic heterocycles. The monoisotopic (exact) mass is 211 g/mol. The molecule has 0 saturated carbocycles. The van der Waals surface area contributed by atoms with Gasteiger partial charge in [0.05, 0.1) is 0 Å². The minimum atomic E-state index is -4.37. The van der Waals surface area contributed by atoms with Gasteiger partial charge in [0.25, 0.3) is 0 Å². The van der Waals surface area contributed by atoms with Crippen LogP contribution in [0.3, 0.4) is 0 Å². The van der Waals surface area contributed by atoms with Gasteiger partial charge in [-0.1, -0.05) is 7.60 Å². The normalized spacial score (nSPS) is 11.4. The third-order valence-corrected chi connectivity index (χ3v) is 1.35.